The topological polar surface area (TPSA) is 174 Å². The van der Waals surface area contributed by atoms with Gasteiger partial charge in [-0.15, -0.1) is 0 Å². The molecule has 16 heteroatoms. The molecule has 4 heterocycles. The lowest BCUT2D eigenvalue weighted by atomic mass is 10.1. The number of anilines is 6. The van der Waals surface area contributed by atoms with Gasteiger partial charge in [0.25, 0.3) is 22.9 Å². The van der Waals surface area contributed by atoms with Crippen LogP contribution in [-0.4, -0.2) is 31.8 Å². The molecule has 10 aromatic rings. The number of carbonyl (C=O) groups is 2. The summed E-state index contributed by atoms with van der Waals surface area (Å²) in [4.78, 5) is 63.5. The van der Waals surface area contributed by atoms with Crippen LogP contribution in [0.4, 0.5) is 51.7 Å². The summed E-state index contributed by atoms with van der Waals surface area (Å²) in [7, 11) is 0. The molecule has 0 unspecified atom stereocenters. The van der Waals surface area contributed by atoms with Crippen molar-refractivity contribution >= 4 is 89.6 Å². The molecule has 0 saturated heterocycles. The first-order chi connectivity index (χ1) is 32.0. The Balaban J connectivity index is 0.000000166. The van der Waals surface area contributed by atoms with Crippen molar-refractivity contribution in [1.82, 2.24) is 19.9 Å². The Bertz CT molecular complexity index is 3620. The Morgan fingerprint density at radius 3 is 1.32 bits per heavy atom. The zero-order valence-electron chi connectivity index (χ0n) is 34.1. The highest BCUT2D eigenvalue weighted by atomic mass is 19.2. The number of pyridine rings is 4. The lowest BCUT2D eigenvalue weighted by Crippen LogP contribution is -2.12. The number of nitrogens with one attached hydrogen (secondary N) is 6. The zero-order valence-corrected chi connectivity index (χ0v) is 34.1. The van der Waals surface area contributed by atoms with Gasteiger partial charge in [-0.05, 0) is 103 Å². The van der Waals surface area contributed by atoms with Crippen molar-refractivity contribution in [2.45, 2.75) is 0 Å². The summed E-state index contributed by atoms with van der Waals surface area (Å²) in [6.07, 6.45) is 3.20. The van der Waals surface area contributed by atoms with E-state index in [1.807, 2.05) is 30.3 Å². The van der Waals surface area contributed by atoms with Gasteiger partial charge in [0, 0.05) is 84.7 Å². The van der Waals surface area contributed by atoms with Gasteiger partial charge in [0.2, 0.25) is 0 Å². The van der Waals surface area contributed by atoms with Crippen LogP contribution in [-0.2, 0) is 0 Å². The Kier molecular flexibility index (Phi) is 11.4. The van der Waals surface area contributed by atoms with Crippen molar-refractivity contribution in [2.75, 3.05) is 21.3 Å². The van der Waals surface area contributed by atoms with Crippen molar-refractivity contribution in [2.24, 2.45) is 0 Å². The van der Waals surface area contributed by atoms with Gasteiger partial charge in [-0.1, -0.05) is 36.4 Å². The van der Waals surface area contributed by atoms with Crippen molar-refractivity contribution < 1.29 is 27.2 Å². The molecule has 10 rings (SSSR count). The fraction of sp³-hybridized carbons (Fsp3) is 0. The number of amides is 2. The molecule has 0 aliphatic carbocycles. The van der Waals surface area contributed by atoms with E-state index in [0.29, 0.717) is 39.5 Å². The van der Waals surface area contributed by atoms with Crippen LogP contribution >= 0.6 is 0 Å². The Morgan fingerprint density at radius 1 is 0.439 bits per heavy atom. The molecule has 0 atom stereocenters. The van der Waals surface area contributed by atoms with Gasteiger partial charge >= 0.3 is 0 Å². The van der Waals surface area contributed by atoms with Crippen molar-refractivity contribution in [3.05, 3.63) is 213 Å². The summed E-state index contributed by atoms with van der Waals surface area (Å²) >= 11 is 0. The molecule has 6 N–H and O–H groups in total. The van der Waals surface area contributed by atoms with Crippen molar-refractivity contribution in [3.8, 4) is 0 Å². The van der Waals surface area contributed by atoms with Crippen LogP contribution in [0.25, 0.3) is 43.6 Å². The van der Waals surface area contributed by atoms with E-state index >= 15 is 0 Å². The molecule has 12 nitrogen and oxygen atoms in total. The summed E-state index contributed by atoms with van der Waals surface area (Å²) < 4.78 is 53.2. The lowest BCUT2D eigenvalue weighted by Gasteiger charge is -2.12. The van der Waals surface area contributed by atoms with Gasteiger partial charge in [-0.25, -0.2) is 27.5 Å². The molecular weight excluding hydrogens is 853 g/mol. The molecule has 0 radical (unpaired) electrons. The van der Waals surface area contributed by atoms with E-state index in [0.717, 1.165) is 68.6 Å². The number of hydrogen-bond donors (Lipinski definition) is 6. The van der Waals surface area contributed by atoms with Crippen LogP contribution in [0, 0.1) is 23.3 Å². The molecule has 0 fully saturated rings. The van der Waals surface area contributed by atoms with Crippen LogP contribution < -0.4 is 32.4 Å². The van der Waals surface area contributed by atoms with Crippen molar-refractivity contribution in [1.29, 1.82) is 0 Å². The summed E-state index contributed by atoms with van der Waals surface area (Å²) in [5, 5.41) is 16.1. The normalized spacial score (nSPS) is 11.0. The predicted octanol–water partition coefficient (Wildman–Crippen LogP) is 10.7. The van der Waals surface area contributed by atoms with E-state index in [-0.39, 0.29) is 22.2 Å². The van der Waals surface area contributed by atoms with E-state index in [2.05, 4.69) is 41.2 Å². The number of aromatic nitrogens is 4. The van der Waals surface area contributed by atoms with Crippen LogP contribution in [0.1, 0.15) is 20.7 Å². The molecule has 4 aromatic heterocycles. The summed E-state index contributed by atoms with van der Waals surface area (Å²) in [5.74, 6) is -4.91. The second-order valence-corrected chi connectivity index (χ2v) is 14.8. The third-order valence-corrected chi connectivity index (χ3v) is 10.4. The fourth-order valence-corrected chi connectivity index (χ4v) is 7.33. The predicted molar refractivity (Wildman–Crippen MR) is 248 cm³/mol. The molecule has 324 valence electrons. The first-order valence-electron chi connectivity index (χ1n) is 20.0. The van der Waals surface area contributed by atoms with Gasteiger partial charge in [-0.3, -0.25) is 19.2 Å². The van der Waals surface area contributed by atoms with Gasteiger partial charge in [0.15, 0.2) is 11.6 Å². The Morgan fingerprint density at radius 2 is 0.864 bits per heavy atom. The van der Waals surface area contributed by atoms with Gasteiger partial charge < -0.3 is 31.2 Å². The molecule has 0 aliphatic heterocycles. The second-order valence-electron chi connectivity index (χ2n) is 14.8. The van der Waals surface area contributed by atoms with Crippen LogP contribution in [0.5, 0.6) is 0 Å². The minimum atomic E-state index is -1.08. The molecule has 0 bridgehead atoms. The van der Waals surface area contributed by atoms with Crippen LogP contribution in [0.15, 0.2) is 168 Å². The smallest absolute Gasteiger partial charge is 0.257 e. The average Bonchev–Trinajstić information content (AvgIpc) is 3.31. The Hall–Kier alpha value is -9.18. The van der Waals surface area contributed by atoms with Gasteiger partial charge in [0.1, 0.15) is 22.9 Å². The van der Waals surface area contributed by atoms with E-state index < -0.39 is 35.1 Å². The number of benzene rings is 6. The minimum Gasteiger partial charge on any atom is -0.355 e. The van der Waals surface area contributed by atoms with Crippen molar-refractivity contribution in [3.63, 3.8) is 0 Å². The van der Waals surface area contributed by atoms with E-state index in [9.17, 15) is 36.7 Å². The molecular formula is C50H32F4N8O4. The maximum atomic E-state index is 13.4. The highest BCUT2D eigenvalue weighted by Gasteiger charge is 2.14. The maximum absolute atomic E-state index is 13.4. The standard InChI is InChI=1S/2C25H16F2N4O2/c26-19-10-5-14(13-20(19)27)24(32)30-16-8-6-15(7-9-16)29-21-11-12-28-23-22(21)17-3-1-2-4-18(17)25(33)31-23;26-15-11-14(12-16(27)13-15)24(32)30-18-7-5-17(6-8-18)29-21-9-10-28-23-22(21)19-3-1-2-4-20(19)25(33)31-23/h2*1-13H,(H,30,32)(H2,28,29,31,33). The molecule has 0 aliphatic rings. The van der Waals surface area contributed by atoms with E-state index in [1.165, 1.54) is 6.07 Å². The first kappa shape index (κ1) is 42.1. The van der Waals surface area contributed by atoms with Gasteiger partial charge in [0.05, 0.1) is 11.4 Å². The first-order valence-corrected chi connectivity index (χ1v) is 20.0. The molecule has 6 aromatic carbocycles. The average molecular weight is 885 g/mol. The maximum Gasteiger partial charge on any atom is 0.257 e. The number of H-pyrrole nitrogens is 2. The van der Waals surface area contributed by atoms with E-state index in [1.54, 1.807) is 91.3 Å². The van der Waals surface area contributed by atoms with E-state index in [4.69, 9.17) is 0 Å². The van der Waals surface area contributed by atoms with Crippen LogP contribution in [0.2, 0.25) is 0 Å². The number of hydrogen-bond acceptors (Lipinski definition) is 8. The number of halogens is 4. The number of rotatable bonds is 8. The summed E-state index contributed by atoms with van der Waals surface area (Å²) in [5.41, 5.74) is 4.36. The Labute approximate surface area is 370 Å². The SMILES string of the molecule is O=C(Nc1ccc(Nc2ccnc3[nH]c(=O)c4ccccc4c23)cc1)c1cc(F)cc(F)c1.O=C(Nc1ccc(Nc2ccnc3[nH]c(=O)c4ccccc4c23)cc1)c1ccc(F)c(F)c1. The molecule has 0 saturated carbocycles. The summed E-state index contributed by atoms with van der Waals surface area (Å²) in [6.45, 7) is 0. The summed E-state index contributed by atoms with van der Waals surface area (Å²) in [6, 6.07) is 37.6. The quantitative estimate of drug-likeness (QED) is 0.0646. The minimum absolute atomic E-state index is 0.0141. The van der Waals surface area contributed by atoms with Crippen LogP contribution in [0.3, 0.4) is 0 Å². The monoisotopic (exact) mass is 884 g/mol. The number of nitrogens with zero attached hydrogens (tertiary/aromatic N) is 2. The highest BCUT2D eigenvalue weighted by Crippen LogP contribution is 2.32. The molecule has 2 amide bonds. The van der Waals surface area contributed by atoms with Gasteiger partial charge in [-0.2, -0.15) is 0 Å². The molecule has 0 spiro atoms. The lowest BCUT2D eigenvalue weighted by molar-refractivity contribution is 0.101. The highest BCUT2D eigenvalue weighted by molar-refractivity contribution is 6.12. The third kappa shape index (κ3) is 8.87. The zero-order chi connectivity index (χ0) is 45.9. The number of fused-ring (bicyclic) bond motifs is 6. The third-order valence-electron chi connectivity index (χ3n) is 10.4. The fourth-order valence-electron chi connectivity index (χ4n) is 7.33. The number of aromatic amines is 2. The largest absolute Gasteiger partial charge is 0.355 e. The number of carbonyl (C=O) groups excluding carboxylic acids is 2. The molecule has 66 heavy (non-hydrogen) atoms. The second kappa shape index (κ2) is 17.9.